The summed E-state index contributed by atoms with van der Waals surface area (Å²) in [5, 5.41) is 9.62. The van der Waals surface area contributed by atoms with Gasteiger partial charge in [0.15, 0.2) is 0 Å². The molecule has 1 saturated heterocycles. The van der Waals surface area contributed by atoms with Crippen LogP contribution in [0.4, 0.5) is 4.79 Å². The minimum Gasteiger partial charge on any atom is -0.481 e. The normalized spacial score (nSPS) is 25.7. The fourth-order valence-electron chi connectivity index (χ4n) is 3.41. The van der Waals surface area contributed by atoms with Crippen molar-refractivity contribution in [2.45, 2.75) is 52.4 Å². The second-order valence-electron chi connectivity index (χ2n) is 6.63. The molecule has 0 radical (unpaired) electrons. The van der Waals surface area contributed by atoms with Crippen molar-refractivity contribution in [1.82, 2.24) is 9.80 Å². The summed E-state index contributed by atoms with van der Waals surface area (Å²) < 4.78 is 0. The number of carboxylic acids is 1. The average molecular weight is 296 g/mol. The van der Waals surface area contributed by atoms with Gasteiger partial charge in [0.2, 0.25) is 0 Å². The fraction of sp³-hybridized carbons (Fsp3) is 0.875. The molecule has 21 heavy (non-hydrogen) atoms. The van der Waals surface area contributed by atoms with E-state index in [1.54, 1.807) is 4.90 Å². The van der Waals surface area contributed by atoms with Crippen LogP contribution < -0.4 is 0 Å². The molecule has 1 aliphatic heterocycles. The van der Waals surface area contributed by atoms with Crippen molar-refractivity contribution in [3.05, 3.63) is 0 Å². The molecule has 2 amide bonds. The number of urea groups is 1. The highest BCUT2D eigenvalue weighted by molar-refractivity contribution is 5.79. The summed E-state index contributed by atoms with van der Waals surface area (Å²) in [6.07, 6.45) is 5.42. The van der Waals surface area contributed by atoms with Crippen molar-refractivity contribution < 1.29 is 14.7 Å². The molecule has 1 N–H and O–H groups in total. The lowest BCUT2D eigenvalue weighted by molar-refractivity contribution is -0.152. The highest BCUT2D eigenvalue weighted by Gasteiger charge is 2.43. The van der Waals surface area contributed by atoms with E-state index >= 15 is 0 Å². The van der Waals surface area contributed by atoms with Gasteiger partial charge in [0.05, 0.1) is 5.41 Å². The van der Waals surface area contributed by atoms with Gasteiger partial charge in [-0.25, -0.2) is 4.79 Å². The van der Waals surface area contributed by atoms with Crippen LogP contribution in [-0.4, -0.2) is 53.1 Å². The largest absolute Gasteiger partial charge is 0.481 e. The Balaban J connectivity index is 2.04. The van der Waals surface area contributed by atoms with Crippen LogP contribution in [0.25, 0.3) is 0 Å². The quantitative estimate of drug-likeness (QED) is 0.820. The lowest BCUT2D eigenvalue weighted by Gasteiger charge is -2.41. The second kappa shape index (κ2) is 6.67. The molecule has 2 rings (SSSR count). The Morgan fingerprint density at radius 3 is 2.57 bits per heavy atom. The zero-order valence-electron chi connectivity index (χ0n) is 13.3. The fourth-order valence-corrected chi connectivity index (χ4v) is 3.41. The lowest BCUT2D eigenvalue weighted by Crippen LogP contribution is -2.53. The number of amides is 2. The van der Waals surface area contributed by atoms with Crippen LogP contribution in [0.15, 0.2) is 0 Å². The van der Waals surface area contributed by atoms with Crippen LogP contribution in [0.3, 0.4) is 0 Å². The van der Waals surface area contributed by atoms with Gasteiger partial charge in [-0.05, 0) is 44.9 Å². The number of carbonyl (C=O) groups is 2. The Bertz CT molecular complexity index is 391. The maximum atomic E-state index is 12.7. The van der Waals surface area contributed by atoms with Crippen LogP contribution in [0.1, 0.15) is 52.4 Å². The van der Waals surface area contributed by atoms with Crippen LogP contribution in [0.2, 0.25) is 0 Å². The number of piperidine rings is 1. The van der Waals surface area contributed by atoms with Gasteiger partial charge in [-0.2, -0.15) is 0 Å². The van der Waals surface area contributed by atoms with E-state index in [2.05, 4.69) is 0 Å². The number of likely N-dealkylation sites (tertiary alicyclic amines) is 1. The molecule has 0 aromatic rings. The van der Waals surface area contributed by atoms with Crippen LogP contribution in [0.5, 0.6) is 0 Å². The smallest absolute Gasteiger partial charge is 0.320 e. The van der Waals surface area contributed by atoms with Crippen molar-refractivity contribution in [3.8, 4) is 0 Å². The minimum atomic E-state index is -0.743. The van der Waals surface area contributed by atoms with Crippen molar-refractivity contribution in [3.63, 3.8) is 0 Å². The third kappa shape index (κ3) is 3.69. The molecule has 120 valence electrons. The molecular formula is C16H28N2O3. The Morgan fingerprint density at radius 2 is 2.05 bits per heavy atom. The highest BCUT2D eigenvalue weighted by atomic mass is 16.4. The summed E-state index contributed by atoms with van der Waals surface area (Å²) in [4.78, 5) is 28.0. The Kier molecular flexibility index (Phi) is 5.12. The van der Waals surface area contributed by atoms with E-state index in [0.717, 1.165) is 19.4 Å². The zero-order valence-corrected chi connectivity index (χ0v) is 13.3. The molecular weight excluding hydrogens is 268 g/mol. The van der Waals surface area contributed by atoms with Gasteiger partial charge in [-0.1, -0.05) is 13.3 Å². The number of carbonyl (C=O) groups excluding carboxylic acids is 1. The molecule has 0 spiro atoms. The van der Waals surface area contributed by atoms with Crippen LogP contribution in [-0.2, 0) is 4.79 Å². The maximum Gasteiger partial charge on any atom is 0.320 e. The summed E-state index contributed by atoms with van der Waals surface area (Å²) >= 11 is 0. The first-order chi connectivity index (χ1) is 10.0. The summed E-state index contributed by atoms with van der Waals surface area (Å²) in [7, 11) is 0. The number of nitrogens with zero attached hydrogens (tertiary/aromatic N) is 2. The van der Waals surface area contributed by atoms with Gasteiger partial charge in [0.25, 0.3) is 0 Å². The zero-order chi connectivity index (χ0) is 15.5. The van der Waals surface area contributed by atoms with Crippen molar-refractivity contribution in [2.75, 3.05) is 26.2 Å². The summed E-state index contributed by atoms with van der Waals surface area (Å²) in [6, 6.07) is 0.0332. The molecule has 1 unspecified atom stereocenters. The Hall–Kier alpha value is -1.26. The SMILES string of the molecule is CCCC1(C(=O)O)CCCN(C(=O)N(CC)CC2CC2)C1. The van der Waals surface area contributed by atoms with Crippen molar-refractivity contribution in [1.29, 1.82) is 0 Å². The molecule has 5 nitrogen and oxygen atoms in total. The molecule has 5 heteroatoms. The molecule has 0 aromatic heterocycles. The van der Waals surface area contributed by atoms with Gasteiger partial charge in [-0.3, -0.25) is 4.79 Å². The van der Waals surface area contributed by atoms with Gasteiger partial charge in [0.1, 0.15) is 0 Å². The topological polar surface area (TPSA) is 60.9 Å². The van der Waals surface area contributed by atoms with E-state index in [9.17, 15) is 14.7 Å². The third-order valence-electron chi connectivity index (χ3n) is 4.86. The molecule has 2 aliphatic rings. The molecule has 1 atom stereocenters. The molecule has 2 fully saturated rings. The molecule has 1 aliphatic carbocycles. The minimum absolute atomic E-state index is 0.0332. The molecule has 0 aromatic carbocycles. The van der Waals surface area contributed by atoms with Gasteiger partial charge >= 0.3 is 12.0 Å². The molecule has 1 heterocycles. The van der Waals surface area contributed by atoms with Gasteiger partial charge < -0.3 is 14.9 Å². The van der Waals surface area contributed by atoms with E-state index < -0.39 is 11.4 Å². The number of hydrogen-bond acceptors (Lipinski definition) is 2. The Morgan fingerprint density at radius 1 is 1.33 bits per heavy atom. The predicted molar refractivity (Wildman–Crippen MR) is 81.2 cm³/mol. The summed E-state index contributed by atoms with van der Waals surface area (Å²) in [5.74, 6) is -0.0781. The Labute approximate surface area is 127 Å². The van der Waals surface area contributed by atoms with Crippen molar-refractivity contribution >= 4 is 12.0 Å². The van der Waals surface area contributed by atoms with Crippen LogP contribution >= 0.6 is 0 Å². The average Bonchev–Trinajstić information content (AvgIpc) is 3.28. The van der Waals surface area contributed by atoms with E-state index in [1.807, 2.05) is 18.7 Å². The van der Waals surface area contributed by atoms with Crippen LogP contribution in [0, 0.1) is 11.3 Å². The first-order valence-electron chi connectivity index (χ1n) is 8.29. The monoisotopic (exact) mass is 296 g/mol. The summed E-state index contributed by atoms with van der Waals surface area (Å²) in [6.45, 7) is 6.62. The van der Waals surface area contributed by atoms with E-state index in [1.165, 1.54) is 12.8 Å². The predicted octanol–water partition coefficient (Wildman–Crippen LogP) is 2.81. The number of hydrogen-bond donors (Lipinski definition) is 1. The highest BCUT2D eigenvalue weighted by Crippen LogP contribution is 2.36. The van der Waals surface area contributed by atoms with Crippen molar-refractivity contribution in [2.24, 2.45) is 11.3 Å². The lowest BCUT2D eigenvalue weighted by atomic mass is 9.76. The van der Waals surface area contributed by atoms with Gasteiger partial charge in [0, 0.05) is 26.2 Å². The molecule has 0 bridgehead atoms. The maximum absolute atomic E-state index is 12.7. The van der Waals surface area contributed by atoms with E-state index in [0.29, 0.717) is 38.4 Å². The standard InChI is InChI=1S/C16H28N2O3/c1-3-8-16(14(19)20)9-5-10-18(12-16)15(21)17(4-2)11-13-6-7-13/h13H,3-12H2,1-2H3,(H,19,20). The first kappa shape index (κ1) is 16.1. The third-order valence-corrected chi connectivity index (χ3v) is 4.86. The molecule has 1 saturated carbocycles. The van der Waals surface area contributed by atoms with E-state index in [-0.39, 0.29) is 6.03 Å². The van der Waals surface area contributed by atoms with E-state index in [4.69, 9.17) is 0 Å². The first-order valence-corrected chi connectivity index (χ1v) is 8.29. The van der Waals surface area contributed by atoms with Gasteiger partial charge in [-0.15, -0.1) is 0 Å². The summed E-state index contributed by atoms with van der Waals surface area (Å²) in [5.41, 5.74) is -0.734. The second-order valence-corrected chi connectivity index (χ2v) is 6.63. The number of carboxylic acid groups (broad SMARTS) is 1. The number of aliphatic carboxylic acids is 1. The number of rotatable bonds is 6.